The Hall–Kier alpha value is -1.51. The minimum absolute atomic E-state index is 0.0161. The number of nitrogens with two attached hydrogens (primary N) is 1. The van der Waals surface area contributed by atoms with E-state index in [4.69, 9.17) is 10.5 Å². The minimum Gasteiger partial charge on any atom is -0.376 e. The fourth-order valence-electron chi connectivity index (χ4n) is 2.90. The molecule has 1 saturated carbocycles. The van der Waals surface area contributed by atoms with Gasteiger partial charge < -0.3 is 15.8 Å². The molecule has 1 aromatic heterocycles. The second kappa shape index (κ2) is 5.12. The van der Waals surface area contributed by atoms with E-state index in [-0.39, 0.29) is 29.1 Å². The average Bonchev–Trinajstić information content (AvgIpc) is 2.94. The highest BCUT2D eigenvalue weighted by molar-refractivity contribution is 7.17. The Labute approximate surface area is 119 Å². The van der Waals surface area contributed by atoms with E-state index in [1.165, 1.54) is 12.1 Å². The van der Waals surface area contributed by atoms with Gasteiger partial charge in [-0.3, -0.25) is 14.9 Å². The topological polar surface area (TPSA) is 107 Å². The van der Waals surface area contributed by atoms with Gasteiger partial charge in [-0.1, -0.05) is 11.3 Å². The van der Waals surface area contributed by atoms with Crippen LogP contribution in [0, 0.1) is 16.0 Å². The van der Waals surface area contributed by atoms with Crippen LogP contribution in [0.2, 0.25) is 0 Å². The Balaban J connectivity index is 1.65. The van der Waals surface area contributed by atoms with Gasteiger partial charge in [-0.25, -0.2) is 0 Å². The zero-order chi connectivity index (χ0) is 14.3. The second-order valence-corrected chi connectivity index (χ2v) is 6.18. The molecule has 0 bridgehead atoms. The number of hydrogen-bond donors (Lipinski definition) is 2. The number of thiophene rings is 1. The highest BCUT2D eigenvalue weighted by Crippen LogP contribution is 2.37. The summed E-state index contributed by atoms with van der Waals surface area (Å²) in [6.45, 7) is 0.699. The van der Waals surface area contributed by atoms with Gasteiger partial charge in [0.2, 0.25) is 0 Å². The minimum atomic E-state index is -0.503. The lowest BCUT2D eigenvalue weighted by Gasteiger charge is -2.52. The van der Waals surface area contributed by atoms with Crippen molar-refractivity contribution >= 4 is 22.2 Å². The van der Waals surface area contributed by atoms with Crippen LogP contribution in [0.5, 0.6) is 0 Å². The SMILES string of the molecule is NC1C2CCCOC2C1NC(=O)c1ccc([N+](=O)[O-])s1. The van der Waals surface area contributed by atoms with Gasteiger partial charge in [0.25, 0.3) is 5.91 Å². The summed E-state index contributed by atoms with van der Waals surface area (Å²) in [7, 11) is 0. The first-order valence-electron chi connectivity index (χ1n) is 6.50. The summed E-state index contributed by atoms with van der Waals surface area (Å²) in [6.07, 6.45) is 2.02. The van der Waals surface area contributed by atoms with Crippen LogP contribution in [0.15, 0.2) is 12.1 Å². The maximum absolute atomic E-state index is 12.1. The monoisotopic (exact) mass is 297 g/mol. The molecule has 8 heteroatoms. The normalized spacial score (nSPS) is 32.0. The molecule has 0 spiro atoms. The molecule has 108 valence electrons. The molecule has 4 atom stereocenters. The molecule has 1 amide bonds. The number of amides is 1. The number of nitrogens with one attached hydrogen (secondary N) is 1. The summed E-state index contributed by atoms with van der Waals surface area (Å²) in [5.41, 5.74) is 6.06. The maximum Gasteiger partial charge on any atom is 0.324 e. The van der Waals surface area contributed by atoms with Crippen LogP contribution in [0.3, 0.4) is 0 Å². The molecule has 1 aromatic rings. The molecular formula is C12H15N3O4S. The van der Waals surface area contributed by atoms with Gasteiger partial charge in [0, 0.05) is 24.6 Å². The van der Waals surface area contributed by atoms with Crippen LogP contribution in [-0.4, -0.2) is 35.6 Å². The predicted molar refractivity (Wildman–Crippen MR) is 72.7 cm³/mol. The molecule has 1 saturated heterocycles. The first-order chi connectivity index (χ1) is 9.58. The number of rotatable bonds is 3. The van der Waals surface area contributed by atoms with Crippen LogP contribution in [0.25, 0.3) is 0 Å². The molecule has 7 nitrogen and oxygen atoms in total. The van der Waals surface area contributed by atoms with E-state index < -0.39 is 4.92 Å². The smallest absolute Gasteiger partial charge is 0.324 e. The van der Waals surface area contributed by atoms with Gasteiger partial charge in [0.1, 0.15) is 0 Å². The lowest BCUT2D eigenvalue weighted by atomic mass is 9.68. The number of hydrogen-bond acceptors (Lipinski definition) is 6. The van der Waals surface area contributed by atoms with Gasteiger partial charge in [0.05, 0.1) is 21.9 Å². The lowest BCUT2D eigenvalue weighted by Crippen LogP contribution is -2.72. The van der Waals surface area contributed by atoms with Crippen molar-refractivity contribution < 1.29 is 14.5 Å². The quantitative estimate of drug-likeness (QED) is 0.636. The third-order valence-electron chi connectivity index (χ3n) is 3.97. The van der Waals surface area contributed by atoms with E-state index in [2.05, 4.69) is 5.32 Å². The van der Waals surface area contributed by atoms with Crippen molar-refractivity contribution in [3.63, 3.8) is 0 Å². The Kier molecular flexibility index (Phi) is 3.45. The van der Waals surface area contributed by atoms with Crippen LogP contribution in [0.1, 0.15) is 22.5 Å². The van der Waals surface area contributed by atoms with Gasteiger partial charge in [-0.05, 0) is 18.9 Å². The number of ether oxygens (including phenoxy) is 1. The van der Waals surface area contributed by atoms with Crippen molar-refractivity contribution in [2.45, 2.75) is 31.0 Å². The summed E-state index contributed by atoms with van der Waals surface area (Å²) in [6, 6.07) is 2.50. The van der Waals surface area contributed by atoms with Crippen molar-refractivity contribution in [1.29, 1.82) is 0 Å². The summed E-state index contributed by atoms with van der Waals surface area (Å²) < 4.78 is 5.64. The molecule has 1 aliphatic carbocycles. The summed E-state index contributed by atoms with van der Waals surface area (Å²) in [5.74, 6) is -0.0112. The predicted octanol–water partition coefficient (Wildman–Crippen LogP) is 0.891. The van der Waals surface area contributed by atoms with Crippen molar-refractivity contribution in [3.05, 3.63) is 27.1 Å². The van der Waals surface area contributed by atoms with E-state index in [0.717, 1.165) is 24.2 Å². The molecule has 3 rings (SSSR count). The van der Waals surface area contributed by atoms with Crippen LogP contribution < -0.4 is 11.1 Å². The van der Waals surface area contributed by atoms with E-state index in [9.17, 15) is 14.9 Å². The number of nitrogens with zero attached hydrogens (tertiary/aromatic N) is 1. The largest absolute Gasteiger partial charge is 0.376 e. The summed E-state index contributed by atoms with van der Waals surface area (Å²) in [5, 5.41) is 13.4. The van der Waals surface area contributed by atoms with E-state index in [1.807, 2.05) is 0 Å². The van der Waals surface area contributed by atoms with Gasteiger partial charge in [-0.2, -0.15) is 0 Å². The molecule has 20 heavy (non-hydrogen) atoms. The molecule has 0 radical (unpaired) electrons. The van der Waals surface area contributed by atoms with Crippen molar-refractivity contribution in [2.75, 3.05) is 6.61 Å². The fraction of sp³-hybridized carbons (Fsp3) is 0.583. The lowest BCUT2D eigenvalue weighted by molar-refractivity contribution is -0.380. The Bertz CT molecular complexity index is 547. The zero-order valence-electron chi connectivity index (χ0n) is 10.7. The first-order valence-corrected chi connectivity index (χ1v) is 7.32. The molecule has 1 aliphatic heterocycles. The highest BCUT2D eigenvalue weighted by atomic mass is 32.1. The van der Waals surface area contributed by atoms with Crippen LogP contribution >= 0.6 is 11.3 Å². The van der Waals surface area contributed by atoms with Gasteiger partial charge >= 0.3 is 5.00 Å². The molecule has 3 N–H and O–H groups in total. The van der Waals surface area contributed by atoms with Crippen LogP contribution in [-0.2, 0) is 4.74 Å². The van der Waals surface area contributed by atoms with E-state index in [0.29, 0.717) is 17.4 Å². The molecule has 0 aromatic carbocycles. The molecule has 2 aliphatic rings. The third kappa shape index (κ3) is 2.19. The van der Waals surface area contributed by atoms with E-state index >= 15 is 0 Å². The van der Waals surface area contributed by atoms with E-state index in [1.54, 1.807) is 0 Å². The number of carbonyl (C=O) groups excluding carboxylic acids is 1. The van der Waals surface area contributed by atoms with Crippen LogP contribution in [0.4, 0.5) is 5.00 Å². The Morgan fingerprint density at radius 3 is 3.05 bits per heavy atom. The Morgan fingerprint density at radius 2 is 2.35 bits per heavy atom. The summed E-state index contributed by atoms with van der Waals surface area (Å²) in [4.78, 5) is 22.5. The first kappa shape index (κ1) is 13.5. The Morgan fingerprint density at radius 1 is 1.55 bits per heavy atom. The maximum atomic E-state index is 12.1. The number of fused-ring (bicyclic) bond motifs is 1. The number of nitro groups is 1. The number of carbonyl (C=O) groups is 1. The highest BCUT2D eigenvalue weighted by Gasteiger charge is 2.51. The van der Waals surface area contributed by atoms with Crippen molar-refractivity contribution in [3.8, 4) is 0 Å². The van der Waals surface area contributed by atoms with Crippen molar-refractivity contribution in [1.82, 2.24) is 5.32 Å². The second-order valence-electron chi connectivity index (χ2n) is 5.11. The zero-order valence-corrected chi connectivity index (χ0v) is 11.5. The molecular weight excluding hydrogens is 282 g/mol. The fourth-order valence-corrected chi connectivity index (χ4v) is 3.62. The van der Waals surface area contributed by atoms with Gasteiger partial charge in [-0.15, -0.1) is 0 Å². The van der Waals surface area contributed by atoms with Crippen molar-refractivity contribution in [2.24, 2.45) is 11.7 Å². The van der Waals surface area contributed by atoms with Gasteiger partial charge in [0.15, 0.2) is 0 Å². The molecule has 2 heterocycles. The standard InChI is InChI=1S/C12H15N3O4S/c13-9-6-2-1-5-19-11(6)10(9)14-12(16)7-3-4-8(20-7)15(17)18/h3-4,6,9-11H,1-2,5,13H2,(H,14,16). The average molecular weight is 297 g/mol. The summed E-state index contributed by atoms with van der Waals surface area (Å²) >= 11 is 0.863. The third-order valence-corrected chi connectivity index (χ3v) is 5.01. The molecule has 4 unspecified atom stereocenters. The molecule has 2 fully saturated rings.